The molecule has 2 unspecified atom stereocenters. The third kappa shape index (κ3) is 2.81. The lowest BCUT2D eigenvalue weighted by molar-refractivity contribution is 0.0467. The summed E-state index contributed by atoms with van der Waals surface area (Å²) in [6.07, 6.45) is 10.7. The Balaban J connectivity index is 1.64. The van der Waals surface area contributed by atoms with Gasteiger partial charge in [0.1, 0.15) is 0 Å². The van der Waals surface area contributed by atoms with E-state index in [1.165, 1.54) is 64.5 Å². The number of hydrogen-bond donors (Lipinski definition) is 1. The largest absolute Gasteiger partial charge is 0.355 e. The van der Waals surface area contributed by atoms with Crippen LogP contribution in [0.15, 0.2) is 0 Å². The van der Waals surface area contributed by atoms with Gasteiger partial charge in [-0.2, -0.15) is 0 Å². The molecular weight excluding hydrogens is 234 g/mol. The highest BCUT2D eigenvalue weighted by molar-refractivity contribution is 5.82. The molecule has 2 aliphatic heterocycles. The minimum atomic E-state index is 0.545. The van der Waals surface area contributed by atoms with E-state index in [9.17, 15) is 0 Å². The normalized spacial score (nSPS) is 34.1. The van der Waals surface area contributed by atoms with Crippen molar-refractivity contribution in [3.8, 4) is 0 Å². The molecule has 3 aliphatic rings. The van der Waals surface area contributed by atoms with Crippen LogP contribution in [-0.2, 0) is 0 Å². The van der Waals surface area contributed by atoms with Crippen LogP contribution in [0.25, 0.3) is 0 Å². The number of nitrogens with zero attached hydrogens (tertiary/aromatic N) is 2. The average molecular weight is 263 g/mol. The number of rotatable bonds is 1. The zero-order valence-corrected chi connectivity index (χ0v) is 12.4. The molecule has 1 aliphatic carbocycles. The third-order valence-corrected chi connectivity index (χ3v) is 5.49. The molecule has 19 heavy (non-hydrogen) atoms. The SMILES string of the molecule is CC1CN2CCCCC2CN1C(=N)C1CCCCC1. The van der Waals surface area contributed by atoms with E-state index in [0.717, 1.165) is 18.4 Å². The molecule has 108 valence electrons. The molecule has 2 saturated heterocycles. The monoisotopic (exact) mass is 263 g/mol. The summed E-state index contributed by atoms with van der Waals surface area (Å²) >= 11 is 0. The van der Waals surface area contributed by atoms with E-state index in [0.29, 0.717) is 12.0 Å². The van der Waals surface area contributed by atoms with Gasteiger partial charge in [0.25, 0.3) is 0 Å². The molecule has 0 aromatic rings. The minimum Gasteiger partial charge on any atom is -0.355 e. The van der Waals surface area contributed by atoms with Gasteiger partial charge in [0.05, 0.1) is 5.84 Å². The van der Waals surface area contributed by atoms with E-state index in [4.69, 9.17) is 5.41 Å². The van der Waals surface area contributed by atoms with E-state index in [1.54, 1.807) is 0 Å². The third-order valence-electron chi connectivity index (χ3n) is 5.49. The van der Waals surface area contributed by atoms with Crippen molar-refractivity contribution in [1.29, 1.82) is 5.41 Å². The topological polar surface area (TPSA) is 30.3 Å². The fraction of sp³-hybridized carbons (Fsp3) is 0.938. The standard InChI is InChI=1S/C16H29N3/c1-13-11-18-10-6-5-9-15(18)12-19(13)16(17)14-7-3-2-4-8-14/h13-15,17H,2-12H2,1H3. The molecular formula is C16H29N3. The number of fused-ring (bicyclic) bond motifs is 1. The molecule has 0 aromatic carbocycles. The molecule has 0 bridgehead atoms. The highest BCUT2D eigenvalue weighted by Crippen LogP contribution is 2.29. The maximum atomic E-state index is 8.62. The maximum Gasteiger partial charge on any atom is 0.0992 e. The lowest BCUT2D eigenvalue weighted by Crippen LogP contribution is -2.60. The quantitative estimate of drug-likeness (QED) is 0.582. The summed E-state index contributed by atoms with van der Waals surface area (Å²) in [6.45, 7) is 5.91. The zero-order valence-electron chi connectivity index (χ0n) is 12.4. The molecule has 0 radical (unpaired) electrons. The van der Waals surface area contributed by atoms with Crippen LogP contribution < -0.4 is 0 Å². The number of piperidine rings is 1. The highest BCUT2D eigenvalue weighted by Gasteiger charge is 2.35. The predicted molar refractivity (Wildman–Crippen MR) is 79.7 cm³/mol. The van der Waals surface area contributed by atoms with Crippen LogP contribution in [0.5, 0.6) is 0 Å². The van der Waals surface area contributed by atoms with Gasteiger partial charge in [-0.05, 0) is 39.2 Å². The van der Waals surface area contributed by atoms with Crippen molar-refractivity contribution in [2.45, 2.75) is 70.4 Å². The first-order chi connectivity index (χ1) is 9.25. The smallest absolute Gasteiger partial charge is 0.0992 e. The number of hydrogen-bond acceptors (Lipinski definition) is 2. The summed E-state index contributed by atoms with van der Waals surface area (Å²) in [5.41, 5.74) is 0. The van der Waals surface area contributed by atoms with Crippen LogP contribution in [0.3, 0.4) is 0 Å². The fourth-order valence-electron chi connectivity index (χ4n) is 4.30. The van der Waals surface area contributed by atoms with Crippen molar-refractivity contribution in [2.75, 3.05) is 19.6 Å². The van der Waals surface area contributed by atoms with Crippen LogP contribution in [0, 0.1) is 11.3 Å². The Kier molecular flexibility index (Phi) is 4.11. The van der Waals surface area contributed by atoms with E-state index in [-0.39, 0.29) is 0 Å². The Morgan fingerprint density at radius 1 is 0.947 bits per heavy atom. The molecule has 1 N–H and O–H groups in total. The van der Waals surface area contributed by atoms with Gasteiger partial charge >= 0.3 is 0 Å². The molecule has 3 nitrogen and oxygen atoms in total. The lowest BCUT2D eigenvalue weighted by atomic mass is 9.86. The molecule has 3 rings (SSSR count). The van der Waals surface area contributed by atoms with Gasteiger partial charge in [0, 0.05) is 31.1 Å². The van der Waals surface area contributed by atoms with Crippen LogP contribution in [-0.4, -0.2) is 47.4 Å². The number of amidine groups is 1. The Morgan fingerprint density at radius 2 is 1.68 bits per heavy atom. The maximum absolute atomic E-state index is 8.62. The summed E-state index contributed by atoms with van der Waals surface area (Å²) in [5.74, 6) is 1.53. The van der Waals surface area contributed by atoms with Crippen molar-refractivity contribution < 1.29 is 0 Å². The van der Waals surface area contributed by atoms with E-state index in [2.05, 4.69) is 16.7 Å². The second kappa shape index (κ2) is 5.82. The molecule has 2 heterocycles. The Bertz CT molecular complexity index is 322. The first-order valence-electron chi connectivity index (χ1n) is 8.35. The Labute approximate surface area is 117 Å². The van der Waals surface area contributed by atoms with Gasteiger partial charge in [-0.1, -0.05) is 25.7 Å². The second-order valence-corrected chi connectivity index (χ2v) is 6.87. The first kappa shape index (κ1) is 13.4. The summed E-state index contributed by atoms with van der Waals surface area (Å²) in [4.78, 5) is 5.13. The second-order valence-electron chi connectivity index (χ2n) is 6.87. The average Bonchev–Trinajstić information content (AvgIpc) is 2.47. The summed E-state index contributed by atoms with van der Waals surface area (Å²) in [7, 11) is 0. The van der Waals surface area contributed by atoms with Crippen molar-refractivity contribution in [3.05, 3.63) is 0 Å². The molecule has 1 saturated carbocycles. The highest BCUT2D eigenvalue weighted by atomic mass is 15.3. The van der Waals surface area contributed by atoms with E-state index < -0.39 is 0 Å². The van der Waals surface area contributed by atoms with Gasteiger partial charge in [0.2, 0.25) is 0 Å². The number of piperazine rings is 1. The molecule has 0 aromatic heterocycles. The van der Waals surface area contributed by atoms with Crippen LogP contribution in [0.1, 0.15) is 58.3 Å². The predicted octanol–water partition coefficient (Wildman–Crippen LogP) is 3.10. The van der Waals surface area contributed by atoms with Crippen LogP contribution >= 0.6 is 0 Å². The fourth-order valence-corrected chi connectivity index (χ4v) is 4.30. The van der Waals surface area contributed by atoms with Gasteiger partial charge in [-0.3, -0.25) is 10.3 Å². The van der Waals surface area contributed by atoms with Crippen LogP contribution in [0.4, 0.5) is 0 Å². The minimum absolute atomic E-state index is 0.545. The Morgan fingerprint density at radius 3 is 2.47 bits per heavy atom. The van der Waals surface area contributed by atoms with Crippen molar-refractivity contribution in [3.63, 3.8) is 0 Å². The van der Waals surface area contributed by atoms with Crippen molar-refractivity contribution in [2.24, 2.45) is 5.92 Å². The van der Waals surface area contributed by atoms with E-state index in [1.807, 2.05) is 0 Å². The summed E-state index contributed by atoms with van der Waals surface area (Å²) in [5, 5.41) is 8.62. The van der Waals surface area contributed by atoms with Crippen molar-refractivity contribution >= 4 is 5.84 Å². The lowest BCUT2D eigenvalue weighted by Gasteiger charge is -2.49. The Hall–Kier alpha value is -0.570. The summed E-state index contributed by atoms with van der Waals surface area (Å²) < 4.78 is 0. The van der Waals surface area contributed by atoms with E-state index >= 15 is 0 Å². The first-order valence-corrected chi connectivity index (χ1v) is 8.35. The van der Waals surface area contributed by atoms with Gasteiger partial charge in [-0.25, -0.2) is 0 Å². The van der Waals surface area contributed by atoms with Crippen LogP contribution in [0.2, 0.25) is 0 Å². The van der Waals surface area contributed by atoms with Crippen molar-refractivity contribution in [1.82, 2.24) is 9.80 Å². The van der Waals surface area contributed by atoms with Gasteiger partial charge in [0.15, 0.2) is 0 Å². The summed E-state index contributed by atoms with van der Waals surface area (Å²) in [6, 6.07) is 1.28. The molecule has 0 spiro atoms. The molecule has 3 fully saturated rings. The molecule has 3 heteroatoms. The molecule has 2 atom stereocenters. The number of nitrogens with one attached hydrogen (secondary N) is 1. The zero-order chi connectivity index (χ0) is 13.2. The van der Waals surface area contributed by atoms with Gasteiger partial charge in [-0.15, -0.1) is 0 Å². The van der Waals surface area contributed by atoms with Gasteiger partial charge < -0.3 is 4.90 Å². The molecule has 0 amide bonds.